The highest BCUT2D eigenvalue weighted by Gasteiger charge is 2.53. The Labute approximate surface area is 168 Å². The monoisotopic (exact) mass is 389 g/mol. The molecule has 0 saturated carbocycles. The normalized spacial score (nSPS) is 21.0. The van der Waals surface area contributed by atoms with Crippen LogP contribution in [0.1, 0.15) is 40.0 Å². The number of carboxylic acids is 1. The van der Waals surface area contributed by atoms with E-state index in [1.165, 1.54) is 12.1 Å². The van der Waals surface area contributed by atoms with E-state index in [0.29, 0.717) is 16.7 Å². The minimum atomic E-state index is -1.44. The van der Waals surface area contributed by atoms with Crippen molar-refractivity contribution in [2.45, 2.75) is 24.9 Å². The number of hydrogen-bond donors (Lipinski definition) is 1. The van der Waals surface area contributed by atoms with Gasteiger partial charge < -0.3 is 10.0 Å². The van der Waals surface area contributed by atoms with Crippen LogP contribution in [0.25, 0.3) is 0 Å². The first-order valence-electron chi connectivity index (χ1n) is 9.36. The molecule has 0 aromatic heterocycles. The number of rotatable bonds is 4. The fourth-order valence-electron chi connectivity index (χ4n) is 4.22. The van der Waals surface area contributed by atoms with Gasteiger partial charge >= 0.3 is 5.97 Å². The van der Waals surface area contributed by atoms with E-state index in [4.69, 9.17) is 0 Å². The summed E-state index contributed by atoms with van der Waals surface area (Å²) in [5.74, 6) is -1.80. The molecule has 146 valence electrons. The molecule has 0 fully saturated rings. The molecule has 0 radical (unpaired) electrons. The zero-order valence-electron chi connectivity index (χ0n) is 15.9. The number of carbonyl (C=O) groups is 2. The molecule has 1 N–H and O–H groups in total. The van der Waals surface area contributed by atoms with Crippen molar-refractivity contribution in [1.82, 2.24) is 4.90 Å². The molecule has 4 nitrogen and oxygen atoms in total. The van der Waals surface area contributed by atoms with Gasteiger partial charge in [-0.2, -0.15) is 0 Å². The van der Waals surface area contributed by atoms with E-state index >= 15 is 0 Å². The number of amides is 1. The maximum Gasteiger partial charge on any atom is 0.316 e. The zero-order valence-corrected chi connectivity index (χ0v) is 15.9. The quantitative estimate of drug-likeness (QED) is 0.711. The van der Waals surface area contributed by atoms with Crippen molar-refractivity contribution in [2.75, 3.05) is 0 Å². The Bertz CT molecular complexity index is 1080. The van der Waals surface area contributed by atoms with Gasteiger partial charge in [0.05, 0.1) is 6.04 Å². The van der Waals surface area contributed by atoms with Gasteiger partial charge in [0, 0.05) is 12.1 Å². The zero-order chi connectivity index (χ0) is 20.6. The van der Waals surface area contributed by atoms with E-state index in [0.717, 1.165) is 5.56 Å². The third-order valence-corrected chi connectivity index (χ3v) is 5.64. The molecule has 0 unspecified atom stereocenters. The average molecular weight is 389 g/mol. The number of hydrogen-bond acceptors (Lipinski definition) is 2. The van der Waals surface area contributed by atoms with Crippen molar-refractivity contribution in [1.29, 1.82) is 0 Å². The summed E-state index contributed by atoms with van der Waals surface area (Å²) in [4.78, 5) is 27.6. The van der Waals surface area contributed by atoms with Crippen molar-refractivity contribution in [3.05, 3.63) is 107 Å². The van der Waals surface area contributed by atoms with Crippen LogP contribution in [0, 0.1) is 5.82 Å². The van der Waals surface area contributed by atoms with Crippen molar-refractivity contribution in [3.8, 4) is 0 Å². The molecule has 2 atom stereocenters. The lowest BCUT2D eigenvalue weighted by atomic mass is 9.68. The Kier molecular flexibility index (Phi) is 4.66. The molecule has 0 aliphatic carbocycles. The first-order valence-corrected chi connectivity index (χ1v) is 9.36. The minimum Gasteiger partial charge on any atom is -0.481 e. The Morgan fingerprint density at radius 3 is 2.41 bits per heavy atom. The number of carbonyl (C=O) groups excluding carboxylic acids is 1. The minimum absolute atomic E-state index is 0.220. The second-order valence-electron chi connectivity index (χ2n) is 7.43. The SMILES string of the molecule is C[C@@]1(C(=O)O)c2ccccc2C(=O)N(Cc2ccccc2)[C@@H]1c1cccc(F)c1. The molecule has 0 bridgehead atoms. The summed E-state index contributed by atoms with van der Waals surface area (Å²) in [5.41, 5.74) is 0.688. The highest BCUT2D eigenvalue weighted by atomic mass is 19.1. The number of nitrogens with zero attached hydrogens (tertiary/aromatic N) is 1. The standard InChI is InChI=1S/C24H20FNO3/c1-24(23(28)29)20-13-6-5-12-19(20)22(27)26(15-16-8-3-2-4-9-16)21(24)17-10-7-11-18(25)14-17/h2-14,21H,15H2,1H3,(H,28,29)/t21-,24-/m1/s1. The van der Waals surface area contributed by atoms with E-state index in [2.05, 4.69) is 0 Å². The number of benzene rings is 3. The third kappa shape index (κ3) is 3.09. The summed E-state index contributed by atoms with van der Waals surface area (Å²) in [6, 6.07) is 21.1. The molecule has 0 saturated heterocycles. The molecule has 29 heavy (non-hydrogen) atoms. The van der Waals surface area contributed by atoms with Crippen molar-refractivity contribution in [3.63, 3.8) is 0 Å². The molecule has 1 heterocycles. The fourth-order valence-corrected chi connectivity index (χ4v) is 4.22. The van der Waals surface area contributed by atoms with E-state index in [1.807, 2.05) is 30.3 Å². The van der Waals surface area contributed by atoms with Crippen LogP contribution in [0.3, 0.4) is 0 Å². The predicted octanol–water partition coefficient (Wildman–Crippen LogP) is 4.57. The summed E-state index contributed by atoms with van der Waals surface area (Å²) in [5, 5.41) is 10.3. The molecule has 5 heteroatoms. The van der Waals surface area contributed by atoms with E-state index in [9.17, 15) is 19.1 Å². The summed E-state index contributed by atoms with van der Waals surface area (Å²) >= 11 is 0. The molecule has 1 aliphatic rings. The average Bonchev–Trinajstić information content (AvgIpc) is 2.72. The molecule has 4 rings (SSSR count). The van der Waals surface area contributed by atoms with E-state index in [1.54, 1.807) is 48.2 Å². The molecule has 3 aromatic rings. The lowest BCUT2D eigenvalue weighted by molar-refractivity contribution is -0.146. The van der Waals surface area contributed by atoms with Gasteiger partial charge in [-0.15, -0.1) is 0 Å². The van der Waals surface area contributed by atoms with Gasteiger partial charge in [-0.3, -0.25) is 9.59 Å². The second kappa shape index (κ2) is 7.17. The first kappa shape index (κ1) is 18.9. The van der Waals surface area contributed by atoms with Crippen molar-refractivity contribution in [2.24, 2.45) is 0 Å². The summed E-state index contributed by atoms with van der Waals surface area (Å²) in [7, 11) is 0. The van der Waals surface area contributed by atoms with Crippen molar-refractivity contribution >= 4 is 11.9 Å². The van der Waals surface area contributed by atoms with E-state index < -0.39 is 23.2 Å². The molecular weight excluding hydrogens is 369 g/mol. The molecule has 1 amide bonds. The first-order chi connectivity index (χ1) is 13.9. The van der Waals surface area contributed by atoms with Crippen LogP contribution >= 0.6 is 0 Å². The summed E-state index contributed by atoms with van der Waals surface area (Å²) in [6.45, 7) is 1.83. The summed E-state index contributed by atoms with van der Waals surface area (Å²) < 4.78 is 14.1. The number of carboxylic acid groups (broad SMARTS) is 1. The van der Waals surface area contributed by atoms with Crippen LogP contribution in [0.15, 0.2) is 78.9 Å². The molecule has 3 aromatic carbocycles. The second-order valence-corrected chi connectivity index (χ2v) is 7.43. The maximum atomic E-state index is 14.1. The number of aliphatic carboxylic acids is 1. The Morgan fingerprint density at radius 1 is 1.03 bits per heavy atom. The Hall–Kier alpha value is -3.47. The Balaban J connectivity index is 1.96. The predicted molar refractivity (Wildman–Crippen MR) is 107 cm³/mol. The van der Waals surface area contributed by atoms with Crippen LogP contribution in [0.5, 0.6) is 0 Å². The Morgan fingerprint density at radius 2 is 1.72 bits per heavy atom. The van der Waals surface area contributed by atoms with Crippen LogP contribution in [-0.4, -0.2) is 21.9 Å². The van der Waals surface area contributed by atoms with Gasteiger partial charge in [0.2, 0.25) is 0 Å². The van der Waals surface area contributed by atoms with Crippen LogP contribution in [-0.2, 0) is 16.8 Å². The lowest BCUT2D eigenvalue weighted by Gasteiger charge is -2.46. The topological polar surface area (TPSA) is 57.6 Å². The van der Waals surface area contributed by atoms with Gasteiger partial charge in [-0.05, 0) is 41.8 Å². The van der Waals surface area contributed by atoms with Gasteiger partial charge in [0.25, 0.3) is 5.91 Å². The number of halogens is 1. The highest BCUT2D eigenvalue weighted by molar-refractivity contribution is 6.01. The highest BCUT2D eigenvalue weighted by Crippen LogP contribution is 2.48. The van der Waals surface area contributed by atoms with Crippen LogP contribution in [0.2, 0.25) is 0 Å². The summed E-state index contributed by atoms with van der Waals surface area (Å²) in [6.07, 6.45) is 0. The van der Waals surface area contributed by atoms with Crippen LogP contribution in [0.4, 0.5) is 4.39 Å². The molecule has 1 aliphatic heterocycles. The van der Waals surface area contributed by atoms with Gasteiger partial charge in [-0.25, -0.2) is 4.39 Å². The largest absolute Gasteiger partial charge is 0.481 e. The fraction of sp³-hybridized carbons (Fsp3) is 0.167. The molecular formula is C24H20FNO3. The van der Waals surface area contributed by atoms with E-state index in [-0.39, 0.29) is 12.5 Å². The molecule has 0 spiro atoms. The lowest BCUT2D eigenvalue weighted by Crippen LogP contribution is -2.53. The third-order valence-electron chi connectivity index (χ3n) is 5.64. The smallest absolute Gasteiger partial charge is 0.316 e. The van der Waals surface area contributed by atoms with Gasteiger partial charge in [0.15, 0.2) is 0 Å². The van der Waals surface area contributed by atoms with Crippen LogP contribution < -0.4 is 0 Å². The van der Waals surface area contributed by atoms with Gasteiger partial charge in [-0.1, -0.05) is 60.7 Å². The maximum absolute atomic E-state index is 14.1. The van der Waals surface area contributed by atoms with Crippen molar-refractivity contribution < 1.29 is 19.1 Å². The number of fused-ring (bicyclic) bond motifs is 1. The van der Waals surface area contributed by atoms with Gasteiger partial charge in [0.1, 0.15) is 11.2 Å².